The van der Waals surface area contributed by atoms with Gasteiger partial charge in [0.2, 0.25) is 0 Å². The second kappa shape index (κ2) is 7.14. The Balaban J connectivity index is 1.57. The third kappa shape index (κ3) is 3.04. The van der Waals surface area contributed by atoms with Crippen LogP contribution in [0.4, 0.5) is 5.69 Å². The molecule has 1 unspecified atom stereocenters. The predicted molar refractivity (Wildman–Crippen MR) is 98.5 cm³/mol. The number of fused-ring (bicyclic) bond motifs is 1. The van der Waals surface area contributed by atoms with Gasteiger partial charge in [-0.2, -0.15) is 0 Å². The summed E-state index contributed by atoms with van der Waals surface area (Å²) in [6.45, 7) is 1.43. The molecular formula is C20H29N3O. The highest BCUT2D eigenvalue weighted by Crippen LogP contribution is 2.33. The number of benzene rings is 1. The fraction of sp³-hybridized carbons (Fsp3) is 0.650. The average molecular weight is 327 g/mol. The van der Waals surface area contributed by atoms with Gasteiger partial charge in [0.1, 0.15) is 0 Å². The van der Waals surface area contributed by atoms with Crippen molar-refractivity contribution in [2.45, 2.75) is 69.9 Å². The topological polar surface area (TPSA) is 41.3 Å². The van der Waals surface area contributed by atoms with Crippen molar-refractivity contribution in [1.29, 1.82) is 0 Å². The first-order valence-electron chi connectivity index (χ1n) is 9.71. The summed E-state index contributed by atoms with van der Waals surface area (Å²) in [6.07, 6.45) is 13.2. The van der Waals surface area contributed by atoms with E-state index in [9.17, 15) is 0 Å². The molecule has 4 heteroatoms. The molecule has 0 amide bonds. The highest BCUT2D eigenvalue weighted by molar-refractivity contribution is 5.80. The van der Waals surface area contributed by atoms with Gasteiger partial charge in [0, 0.05) is 30.9 Å². The molecule has 1 aromatic heterocycles. The van der Waals surface area contributed by atoms with Gasteiger partial charge in [0.05, 0.1) is 17.4 Å². The van der Waals surface area contributed by atoms with Crippen LogP contribution in [0.2, 0.25) is 0 Å². The molecule has 1 aliphatic carbocycles. The Hall–Kier alpha value is -1.55. The third-order valence-electron chi connectivity index (χ3n) is 5.93. The number of nitrogens with zero attached hydrogens (tertiary/aromatic N) is 3. The number of aromatic nitrogens is 2. The molecule has 2 aliphatic rings. The molecule has 2 fully saturated rings. The molecule has 4 nitrogen and oxygen atoms in total. The first kappa shape index (κ1) is 15.9. The van der Waals surface area contributed by atoms with E-state index in [-0.39, 0.29) is 0 Å². The monoisotopic (exact) mass is 327 g/mol. The van der Waals surface area contributed by atoms with Gasteiger partial charge in [-0.3, -0.25) is 0 Å². The number of aliphatic hydroxyl groups excluding tert-OH is 1. The molecule has 130 valence electrons. The van der Waals surface area contributed by atoms with Gasteiger partial charge < -0.3 is 14.6 Å². The van der Waals surface area contributed by atoms with E-state index >= 15 is 0 Å². The first-order chi connectivity index (χ1) is 11.9. The molecule has 1 N–H and O–H groups in total. The van der Waals surface area contributed by atoms with Crippen LogP contribution in [-0.4, -0.2) is 33.9 Å². The zero-order valence-corrected chi connectivity index (χ0v) is 14.5. The Morgan fingerprint density at radius 2 is 1.96 bits per heavy atom. The summed E-state index contributed by atoms with van der Waals surface area (Å²) in [6, 6.07) is 8.04. The summed E-state index contributed by atoms with van der Waals surface area (Å²) in [5.41, 5.74) is 3.72. The normalized spacial score (nSPS) is 22.5. The lowest BCUT2D eigenvalue weighted by molar-refractivity contribution is 0.279. The summed E-state index contributed by atoms with van der Waals surface area (Å²) < 4.78 is 2.41. The molecule has 2 heterocycles. The van der Waals surface area contributed by atoms with Crippen LogP contribution in [0.3, 0.4) is 0 Å². The summed E-state index contributed by atoms with van der Waals surface area (Å²) in [5.74, 6) is 0. The lowest BCUT2D eigenvalue weighted by Gasteiger charge is -2.27. The van der Waals surface area contributed by atoms with E-state index in [1.807, 2.05) is 0 Å². The van der Waals surface area contributed by atoms with Crippen molar-refractivity contribution in [1.82, 2.24) is 9.55 Å². The van der Waals surface area contributed by atoms with Crippen LogP contribution in [0.5, 0.6) is 0 Å². The number of imidazole rings is 1. The molecule has 0 bridgehead atoms. The lowest BCUT2D eigenvalue weighted by atomic mass is 9.95. The highest BCUT2D eigenvalue weighted by Gasteiger charge is 2.25. The second-order valence-electron chi connectivity index (χ2n) is 7.47. The van der Waals surface area contributed by atoms with E-state index in [1.165, 1.54) is 56.1 Å². The van der Waals surface area contributed by atoms with E-state index in [0.717, 1.165) is 24.9 Å². The van der Waals surface area contributed by atoms with Gasteiger partial charge in [-0.15, -0.1) is 0 Å². The van der Waals surface area contributed by atoms with Crippen molar-refractivity contribution >= 4 is 16.7 Å². The van der Waals surface area contributed by atoms with Crippen molar-refractivity contribution in [2.24, 2.45) is 0 Å². The molecule has 1 atom stereocenters. The average Bonchev–Trinajstić information content (AvgIpc) is 3.26. The van der Waals surface area contributed by atoms with Gasteiger partial charge in [0.25, 0.3) is 0 Å². The van der Waals surface area contributed by atoms with Crippen LogP contribution in [0.25, 0.3) is 11.0 Å². The number of aliphatic hydroxyl groups is 1. The zero-order valence-electron chi connectivity index (χ0n) is 14.5. The van der Waals surface area contributed by atoms with Crippen molar-refractivity contribution in [3.63, 3.8) is 0 Å². The maximum Gasteiger partial charge on any atom is 0.0960 e. The summed E-state index contributed by atoms with van der Waals surface area (Å²) in [7, 11) is 0. The fourth-order valence-electron chi connectivity index (χ4n) is 4.65. The molecule has 1 saturated carbocycles. The van der Waals surface area contributed by atoms with Gasteiger partial charge in [-0.05, 0) is 56.7 Å². The zero-order chi connectivity index (χ0) is 16.4. The number of hydrogen-bond donors (Lipinski definition) is 1. The third-order valence-corrected chi connectivity index (χ3v) is 5.93. The quantitative estimate of drug-likeness (QED) is 0.891. The Morgan fingerprint density at radius 1 is 1.08 bits per heavy atom. The van der Waals surface area contributed by atoms with Gasteiger partial charge in [0.15, 0.2) is 0 Å². The number of rotatable bonds is 5. The summed E-state index contributed by atoms with van der Waals surface area (Å²) in [4.78, 5) is 7.23. The molecule has 2 aromatic rings. The molecule has 4 rings (SSSR count). The van der Waals surface area contributed by atoms with E-state index in [2.05, 4.69) is 34.0 Å². The largest absolute Gasteiger partial charge is 0.396 e. The number of anilines is 1. The molecule has 1 aliphatic heterocycles. The predicted octanol–water partition coefficient (Wildman–Crippen LogP) is 4.28. The van der Waals surface area contributed by atoms with Crippen LogP contribution < -0.4 is 4.90 Å². The van der Waals surface area contributed by atoms with Crippen LogP contribution >= 0.6 is 0 Å². The van der Waals surface area contributed by atoms with Crippen LogP contribution in [0.15, 0.2) is 24.5 Å². The smallest absolute Gasteiger partial charge is 0.0960 e. The first-order valence-corrected chi connectivity index (χ1v) is 9.71. The summed E-state index contributed by atoms with van der Waals surface area (Å²) >= 11 is 0. The van der Waals surface area contributed by atoms with Gasteiger partial charge in [-0.1, -0.05) is 19.3 Å². The maximum atomic E-state index is 9.12. The van der Waals surface area contributed by atoms with Crippen molar-refractivity contribution in [3.8, 4) is 0 Å². The second-order valence-corrected chi connectivity index (χ2v) is 7.47. The minimum Gasteiger partial charge on any atom is -0.396 e. The van der Waals surface area contributed by atoms with E-state index in [1.54, 1.807) is 0 Å². The Kier molecular flexibility index (Phi) is 4.74. The maximum absolute atomic E-state index is 9.12. The van der Waals surface area contributed by atoms with Crippen LogP contribution in [0.1, 0.15) is 63.8 Å². The molecule has 24 heavy (non-hydrogen) atoms. The van der Waals surface area contributed by atoms with E-state index < -0.39 is 0 Å². The summed E-state index contributed by atoms with van der Waals surface area (Å²) in [5, 5.41) is 9.12. The van der Waals surface area contributed by atoms with Crippen molar-refractivity contribution in [2.75, 3.05) is 18.1 Å². The minimum absolute atomic E-state index is 0.301. The standard InChI is InChI=1S/C20H29N3O/c24-13-5-9-16-8-4-12-22(16)18-10-11-20-19(14-18)21-15-23(20)17-6-2-1-3-7-17/h10-11,14-17,24H,1-9,12-13H2. The molecule has 1 aromatic carbocycles. The molecule has 0 spiro atoms. The van der Waals surface area contributed by atoms with E-state index in [0.29, 0.717) is 18.7 Å². The van der Waals surface area contributed by atoms with E-state index in [4.69, 9.17) is 10.1 Å². The van der Waals surface area contributed by atoms with Crippen molar-refractivity contribution in [3.05, 3.63) is 24.5 Å². The lowest BCUT2D eigenvalue weighted by Crippen LogP contribution is -2.29. The SMILES string of the molecule is OCCCC1CCCN1c1ccc2c(c1)ncn2C1CCCCC1. The molecule has 0 radical (unpaired) electrons. The highest BCUT2D eigenvalue weighted by atomic mass is 16.2. The van der Waals surface area contributed by atoms with Crippen molar-refractivity contribution < 1.29 is 5.11 Å². The van der Waals surface area contributed by atoms with Gasteiger partial charge in [-0.25, -0.2) is 4.98 Å². The minimum atomic E-state index is 0.301. The Bertz CT molecular complexity index is 675. The fourth-order valence-corrected chi connectivity index (χ4v) is 4.65. The Morgan fingerprint density at radius 3 is 2.79 bits per heavy atom. The molecule has 1 saturated heterocycles. The number of hydrogen-bond acceptors (Lipinski definition) is 3. The Labute approximate surface area is 144 Å². The molecular weight excluding hydrogens is 298 g/mol. The van der Waals surface area contributed by atoms with Crippen LogP contribution in [-0.2, 0) is 0 Å². The van der Waals surface area contributed by atoms with Crippen LogP contribution in [0, 0.1) is 0 Å². The van der Waals surface area contributed by atoms with Gasteiger partial charge >= 0.3 is 0 Å².